The van der Waals surface area contributed by atoms with Gasteiger partial charge in [-0.25, -0.2) is 0 Å². The van der Waals surface area contributed by atoms with E-state index in [1.54, 1.807) is 12.4 Å². The Labute approximate surface area is 81.8 Å². The topological polar surface area (TPSA) is 93.0 Å². The molecule has 4 N–H and O–H groups in total. The number of carbonyl (C=O) groups excluding carboxylic acids is 1. The number of nitrogens with two attached hydrogens (primary N) is 1. The third-order valence-corrected chi connectivity index (χ3v) is 1.54. The summed E-state index contributed by atoms with van der Waals surface area (Å²) in [6.07, 6.45) is 3.38. The minimum atomic E-state index is -0.153. The van der Waals surface area contributed by atoms with Crippen LogP contribution in [-0.2, 0) is 16.1 Å². The van der Waals surface area contributed by atoms with E-state index in [0.29, 0.717) is 19.7 Å². The van der Waals surface area contributed by atoms with E-state index < -0.39 is 0 Å². The lowest BCUT2D eigenvalue weighted by Crippen LogP contribution is -2.27. The van der Waals surface area contributed by atoms with E-state index in [1.165, 1.54) is 0 Å². The van der Waals surface area contributed by atoms with Crippen LogP contribution in [0.2, 0.25) is 0 Å². The average molecular weight is 198 g/mol. The molecule has 0 aliphatic rings. The van der Waals surface area contributed by atoms with Gasteiger partial charge in [0.05, 0.1) is 12.8 Å². The smallest absolute Gasteiger partial charge is 0.246 e. The number of aromatic nitrogens is 2. The molecule has 0 aromatic carbocycles. The Balaban J connectivity index is 2.09. The SMILES string of the molecule is NCCOCC(=O)NCc1cn[nH]c1. The second-order valence-corrected chi connectivity index (χ2v) is 2.72. The fourth-order valence-electron chi connectivity index (χ4n) is 0.874. The van der Waals surface area contributed by atoms with Crippen molar-refractivity contribution < 1.29 is 9.53 Å². The van der Waals surface area contributed by atoms with E-state index in [4.69, 9.17) is 10.5 Å². The van der Waals surface area contributed by atoms with E-state index >= 15 is 0 Å². The Kier molecular flexibility index (Phi) is 4.66. The van der Waals surface area contributed by atoms with Crippen molar-refractivity contribution in [3.05, 3.63) is 18.0 Å². The van der Waals surface area contributed by atoms with Crippen LogP contribution in [0, 0.1) is 0 Å². The van der Waals surface area contributed by atoms with Crippen molar-refractivity contribution >= 4 is 5.91 Å². The van der Waals surface area contributed by atoms with Crippen molar-refractivity contribution in [1.29, 1.82) is 0 Å². The number of ether oxygens (including phenoxy) is 1. The van der Waals surface area contributed by atoms with Crippen molar-refractivity contribution in [2.24, 2.45) is 5.73 Å². The van der Waals surface area contributed by atoms with E-state index in [9.17, 15) is 4.79 Å². The normalized spacial score (nSPS) is 10.1. The summed E-state index contributed by atoms with van der Waals surface area (Å²) in [5.41, 5.74) is 6.12. The number of aromatic amines is 1. The highest BCUT2D eigenvalue weighted by atomic mass is 16.5. The molecule has 0 radical (unpaired) electrons. The van der Waals surface area contributed by atoms with Crippen LogP contribution < -0.4 is 11.1 Å². The second kappa shape index (κ2) is 6.11. The first-order chi connectivity index (χ1) is 6.83. The molecule has 1 heterocycles. The molecule has 0 aliphatic carbocycles. The molecular weight excluding hydrogens is 184 g/mol. The van der Waals surface area contributed by atoms with Gasteiger partial charge in [-0.1, -0.05) is 0 Å². The molecule has 0 saturated carbocycles. The molecule has 14 heavy (non-hydrogen) atoms. The zero-order chi connectivity index (χ0) is 10.2. The summed E-state index contributed by atoms with van der Waals surface area (Å²) in [6, 6.07) is 0. The number of H-pyrrole nitrogens is 1. The zero-order valence-corrected chi connectivity index (χ0v) is 7.82. The quantitative estimate of drug-likeness (QED) is 0.511. The Morgan fingerprint density at radius 2 is 2.57 bits per heavy atom. The summed E-state index contributed by atoms with van der Waals surface area (Å²) in [6.45, 7) is 1.34. The van der Waals surface area contributed by atoms with Crippen LogP contribution in [-0.4, -0.2) is 35.9 Å². The highest BCUT2D eigenvalue weighted by molar-refractivity contribution is 5.77. The first-order valence-corrected chi connectivity index (χ1v) is 4.35. The van der Waals surface area contributed by atoms with Gasteiger partial charge in [-0.05, 0) is 0 Å². The molecule has 78 valence electrons. The van der Waals surface area contributed by atoms with Gasteiger partial charge in [0.15, 0.2) is 0 Å². The van der Waals surface area contributed by atoms with Crippen molar-refractivity contribution in [1.82, 2.24) is 15.5 Å². The van der Waals surface area contributed by atoms with Gasteiger partial charge in [-0.15, -0.1) is 0 Å². The van der Waals surface area contributed by atoms with Gasteiger partial charge in [0, 0.05) is 24.8 Å². The average Bonchev–Trinajstić information content (AvgIpc) is 2.68. The van der Waals surface area contributed by atoms with Crippen LogP contribution >= 0.6 is 0 Å². The highest BCUT2D eigenvalue weighted by Gasteiger charge is 2.00. The van der Waals surface area contributed by atoms with Crippen molar-refractivity contribution in [2.45, 2.75) is 6.54 Å². The summed E-state index contributed by atoms with van der Waals surface area (Å²) >= 11 is 0. The highest BCUT2D eigenvalue weighted by Crippen LogP contribution is 1.91. The number of rotatable bonds is 6. The van der Waals surface area contributed by atoms with Gasteiger partial charge in [-0.3, -0.25) is 9.89 Å². The predicted octanol–water partition coefficient (Wildman–Crippen LogP) is -0.999. The first-order valence-electron chi connectivity index (χ1n) is 4.35. The summed E-state index contributed by atoms with van der Waals surface area (Å²) in [7, 11) is 0. The molecule has 1 aromatic heterocycles. The summed E-state index contributed by atoms with van der Waals surface area (Å²) in [4.78, 5) is 11.1. The van der Waals surface area contributed by atoms with Gasteiger partial charge in [0.1, 0.15) is 6.61 Å². The first kappa shape index (κ1) is 10.7. The monoisotopic (exact) mass is 198 g/mol. The van der Waals surface area contributed by atoms with Crippen molar-refractivity contribution in [2.75, 3.05) is 19.8 Å². The molecule has 1 aromatic rings. The van der Waals surface area contributed by atoms with E-state index in [-0.39, 0.29) is 12.5 Å². The molecular formula is C8H14N4O2. The zero-order valence-electron chi connectivity index (χ0n) is 7.82. The molecule has 0 fully saturated rings. The maximum absolute atomic E-state index is 11.1. The number of nitrogens with one attached hydrogen (secondary N) is 2. The fourth-order valence-corrected chi connectivity index (χ4v) is 0.874. The van der Waals surface area contributed by atoms with E-state index in [2.05, 4.69) is 15.5 Å². The lowest BCUT2D eigenvalue weighted by molar-refractivity contribution is -0.125. The molecule has 0 atom stereocenters. The van der Waals surface area contributed by atoms with Crippen LogP contribution in [0.25, 0.3) is 0 Å². The van der Waals surface area contributed by atoms with Gasteiger partial charge < -0.3 is 15.8 Å². The third kappa shape index (κ3) is 4.01. The Morgan fingerprint density at radius 3 is 3.21 bits per heavy atom. The fraction of sp³-hybridized carbons (Fsp3) is 0.500. The molecule has 0 aliphatic heterocycles. The molecule has 1 rings (SSSR count). The van der Waals surface area contributed by atoms with Gasteiger partial charge in [0.25, 0.3) is 0 Å². The van der Waals surface area contributed by atoms with E-state index in [1.807, 2.05) is 0 Å². The number of hydrogen-bond donors (Lipinski definition) is 3. The van der Waals surface area contributed by atoms with E-state index in [0.717, 1.165) is 5.56 Å². The number of hydrogen-bond acceptors (Lipinski definition) is 4. The molecule has 1 amide bonds. The molecule has 0 saturated heterocycles. The maximum atomic E-state index is 11.1. The summed E-state index contributed by atoms with van der Waals surface area (Å²) in [5.74, 6) is -0.153. The number of nitrogens with zero attached hydrogens (tertiary/aromatic N) is 1. The van der Waals surface area contributed by atoms with Gasteiger partial charge in [-0.2, -0.15) is 5.10 Å². The maximum Gasteiger partial charge on any atom is 0.246 e. The third-order valence-electron chi connectivity index (χ3n) is 1.54. The Bertz CT molecular complexity index is 260. The molecule has 6 nitrogen and oxygen atoms in total. The molecule has 0 spiro atoms. The van der Waals surface area contributed by atoms with Crippen LogP contribution in [0.3, 0.4) is 0 Å². The molecule has 0 unspecified atom stereocenters. The summed E-state index contributed by atoms with van der Waals surface area (Å²) in [5, 5.41) is 9.09. The van der Waals surface area contributed by atoms with Crippen molar-refractivity contribution in [3.63, 3.8) is 0 Å². The molecule has 6 heteroatoms. The van der Waals surface area contributed by atoms with Crippen LogP contribution in [0.1, 0.15) is 5.56 Å². The summed E-state index contributed by atoms with van der Waals surface area (Å²) < 4.78 is 4.95. The number of carbonyl (C=O) groups is 1. The predicted molar refractivity (Wildman–Crippen MR) is 50.3 cm³/mol. The minimum absolute atomic E-state index is 0.0506. The lowest BCUT2D eigenvalue weighted by atomic mass is 10.3. The largest absolute Gasteiger partial charge is 0.370 e. The van der Waals surface area contributed by atoms with Crippen molar-refractivity contribution in [3.8, 4) is 0 Å². The Hall–Kier alpha value is -1.40. The van der Waals surface area contributed by atoms with Gasteiger partial charge in [0.2, 0.25) is 5.91 Å². The number of amides is 1. The van der Waals surface area contributed by atoms with Gasteiger partial charge >= 0.3 is 0 Å². The Morgan fingerprint density at radius 1 is 1.71 bits per heavy atom. The van der Waals surface area contributed by atoms with Crippen LogP contribution in [0.4, 0.5) is 0 Å². The standard InChI is InChI=1S/C8H14N4O2/c9-1-2-14-6-8(13)10-3-7-4-11-12-5-7/h4-5H,1-3,6,9H2,(H,10,13)(H,11,12). The van der Waals surface area contributed by atoms with Crippen LogP contribution in [0.15, 0.2) is 12.4 Å². The second-order valence-electron chi connectivity index (χ2n) is 2.72. The minimum Gasteiger partial charge on any atom is -0.370 e. The molecule has 0 bridgehead atoms. The van der Waals surface area contributed by atoms with Crippen LogP contribution in [0.5, 0.6) is 0 Å². The lowest BCUT2D eigenvalue weighted by Gasteiger charge is -2.03.